The van der Waals surface area contributed by atoms with Crippen LogP contribution in [0.4, 0.5) is 0 Å². The van der Waals surface area contributed by atoms with Crippen molar-refractivity contribution in [3.8, 4) is 11.5 Å². The molecule has 2 aromatic rings. The highest BCUT2D eigenvalue weighted by Crippen LogP contribution is 2.17. The summed E-state index contributed by atoms with van der Waals surface area (Å²) in [6, 6.07) is 9.86. The number of hydrogen-bond donors (Lipinski definition) is 2. The van der Waals surface area contributed by atoms with E-state index in [1.165, 1.54) is 0 Å². The Hall–Kier alpha value is -1.61. The Bertz CT molecular complexity index is 644. The van der Waals surface area contributed by atoms with Gasteiger partial charge in [-0.2, -0.15) is 0 Å². The van der Waals surface area contributed by atoms with Crippen LogP contribution in [0.3, 0.4) is 0 Å². The number of benzene rings is 1. The number of hydrogen-bond acceptors (Lipinski definition) is 4. The van der Waals surface area contributed by atoms with Crippen molar-refractivity contribution in [1.29, 1.82) is 0 Å². The van der Waals surface area contributed by atoms with Gasteiger partial charge in [0.1, 0.15) is 6.26 Å². The maximum Gasteiger partial charge on any atom is 0.226 e. The number of ether oxygens (including phenoxy) is 1. The predicted octanol–water partition coefficient (Wildman–Crippen LogP) is 3.69. The van der Waals surface area contributed by atoms with E-state index in [0.717, 1.165) is 43.4 Å². The molecule has 0 saturated carbocycles. The summed E-state index contributed by atoms with van der Waals surface area (Å²) in [5, 5.41) is 6.50. The molecular weight excluding hydrogens is 443 g/mol. The molecule has 0 spiro atoms. The first kappa shape index (κ1) is 22.4. The highest BCUT2D eigenvalue weighted by molar-refractivity contribution is 14.0. The van der Waals surface area contributed by atoms with Crippen LogP contribution in [0.5, 0.6) is 0 Å². The lowest BCUT2D eigenvalue weighted by atomic mass is 10.2. The molecule has 0 bridgehead atoms. The van der Waals surface area contributed by atoms with E-state index in [0.29, 0.717) is 18.4 Å². The average molecular weight is 472 g/mol. The molecule has 1 heterocycles. The fourth-order valence-corrected chi connectivity index (χ4v) is 2.20. The molecule has 0 atom stereocenters. The highest BCUT2D eigenvalue weighted by Gasteiger charge is 2.06. The monoisotopic (exact) mass is 472 g/mol. The molecule has 2 rings (SSSR count). The van der Waals surface area contributed by atoms with Gasteiger partial charge in [-0.15, -0.1) is 24.0 Å². The first-order valence-corrected chi connectivity index (χ1v) is 8.71. The number of nitrogens with zero attached hydrogens (tertiary/aromatic N) is 2. The van der Waals surface area contributed by atoms with Crippen LogP contribution in [0, 0.1) is 5.92 Å². The van der Waals surface area contributed by atoms with Gasteiger partial charge >= 0.3 is 0 Å². The van der Waals surface area contributed by atoms with Crippen LogP contribution in [0.25, 0.3) is 11.5 Å². The Balaban J connectivity index is 0.00000338. The molecule has 0 saturated heterocycles. The summed E-state index contributed by atoms with van der Waals surface area (Å²) in [7, 11) is 1.75. The first-order valence-electron chi connectivity index (χ1n) is 8.71. The van der Waals surface area contributed by atoms with E-state index in [4.69, 9.17) is 9.15 Å². The van der Waals surface area contributed by atoms with E-state index in [9.17, 15) is 0 Å². The van der Waals surface area contributed by atoms with E-state index in [2.05, 4.69) is 34.5 Å². The minimum atomic E-state index is 0. The summed E-state index contributed by atoms with van der Waals surface area (Å²) in [6.45, 7) is 7.23. The molecule has 0 radical (unpaired) electrons. The van der Waals surface area contributed by atoms with E-state index in [1.807, 2.05) is 30.3 Å². The molecule has 7 heteroatoms. The molecule has 0 unspecified atom stereocenters. The van der Waals surface area contributed by atoms with E-state index in [1.54, 1.807) is 13.3 Å². The maximum absolute atomic E-state index is 5.56. The van der Waals surface area contributed by atoms with Crippen molar-refractivity contribution >= 4 is 29.9 Å². The molecule has 2 N–H and O–H groups in total. The summed E-state index contributed by atoms with van der Waals surface area (Å²) >= 11 is 0. The number of aliphatic imine (C=N–C) groups is 1. The Morgan fingerprint density at radius 2 is 2.00 bits per heavy atom. The summed E-state index contributed by atoms with van der Waals surface area (Å²) in [5.41, 5.74) is 1.81. The molecule has 1 aromatic carbocycles. The number of rotatable bonds is 9. The van der Waals surface area contributed by atoms with Gasteiger partial charge in [-0.3, -0.25) is 4.99 Å². The molecule has 0 amide bonds. The standard InChI is InChI=1S/C19H28N4O2.HI/c1-15(2)13-24-11-7-10-21-19(20-3)22-12-17-14-25-18(23-17)16-8-5-4-6-9-16;/h4-6,8-9,14-15H,7,10-13H2,1-3H3,(H2,20,21,22);1H. The van der Waals surface area contributed by atoms with Gasteiger partial charge in [-0.25, -0.2) is 4.98 Å². The first-order chi connectivity index (χ1) is 12.2. The second kappa shape index (κ2) is 12.7. The molecule has 1 aromatic heterocycles. The topological polar surface area (TPSA) is 71.7 Å². The lowest BCUT2D eigenvalue weighted by Crippen LogP contribution is -2.37. The van der Waals surface area contributed by atoms with Crippen LogP contribution in [-0.4, -0.2) is 37.7 Å². The van der Waals surface area contributed by atoms with Gasteiger partial charge in [-0.05, 0) is 24.5 Å². The van der Waals surface area contributed by atoms with Gasteiger partial charge in [0.25, 0.3) is 0 Å². The number of aromatic nitrogens is 1. The summed E-state index contributed by atoms with van der Waals surface area (Å²) in [6.07, 6.45) is 2.61. The summed E-state index contributed by atoms with van der Waals surface area (Å²) in [4.78, 5) is 8.70. The third-order valence-corrected chi connectivity index (χ3v) is 3.44. The van der Waals surface area contributed by atoms with Crippen LogP contribution >= 0.6 is 24.0 Å². The molecule has 0 aliphatic rings. The smallest absolute Gasteiger partial charge is 0.226 e. The molecule has 0 aliphatic carbocycles. The fraction of sp³-hybridized carbons (Fsp3) is 0.474. The Morgan fingerprint density at radius 3 is 2.69 bits per heavy atom. The third kappa shape index (κ3) is 8.18. The summed E-state index contributed by atoms with van der Waals surface area (Å²) in [5.74, 6) is 1.95. The fourth-order valence-electron chi connectivity index (χ4n) is 2.20. The van der Waals surface area contributed by atoms with E-state index >= 15 is 0 Å². The number of nitrogens with one attached hydrogen (secondary N) is 2. The van der Waals surface area contributed by atoms with Gasteiger partial charge in [0.2, 0.25) is 5.89 Å². The van der Waals surface area contributed by atoms with Crippen LogP contribution in [0.2, 0.25) is 0 Å². The van der Waals surface area contributed by atoms with Crippen molar-refractivity contribution in [3.05, 3.63) is 42.3 Å². The van der Waals surface area contributed by atoms with Crippen LogP contribution in [0.15, 0.2) is 46.0 Å². The Morgan fingerprint density at radius 1 is 1.23 bits per heavy atom. The normalized spacial score (nSPS) is 11.3. The second-order valence-electron chi connectivity index (χ2n) is 6.18. The lowest BCUT2D eigenvalue weighted by molar-refractivity contribution is 0.108. The zero-order valence-corrected chi connectivity index (χ0v) is 18.0. The minimum Gasteiger partial charge on any atom is -0.444 e. The van der Waals surface area contributed by atoms with Crippen LogP contribution < -0.4 is 10.6 Å². The molecule has 0 fully saturated rings. The van der Waals surface area contributed by atoms with Crippen molar-refractivity contribution in [2.75, 3.05) is 26.8 Å². The lowest BCUT2D eigenvalue weighted by Gasteiger charge is -2.11. The Kier molecular flexibility index (Phi) is 11.0. The predicted molar refractivity (Wildman–Crippen MR) is 116 cm³/mol. The van der Waals surface area contributed by atoms with Gasteiger partial charge in [0.05, 0.1) is 12.2 Å². The quantitative estimate of drug-likeness (QED) is 0.252. The van der Waals surface area contributed by atoms with Crippen molar-refractivity contribution in [3.63, 3.8) is 0 Å². The highest BCUT2D eigenvalue weighted by atomic mass is 127. The average Bonchev–Trinajstić information content (AvgIpc) is 3.10. The van der Waals surface area contributed by atoms with E-state index in [-0.39, 0.29) is 24.0 Å². The SMILES string of the molecule is CN=C(NCCCOCC(C)C)NCc1coc(-c2ccccc2)n1.I. The van der Waals surface area contributed by atoms with Gasteiger partial charge in [-0.1, -0.05) is 32.0 Å². The number of oxazole rings is 1. The zero-order valence-electron chi connectivity index (χ0n) is 15.7. The van der Waals surface area contributed by atoms with Crippen LogP contribution in [0.1, 0.15) is 26.0 Å². The third-order valence-electron chi connectivity index (χ3n) is 3.44. The second-order valence-corrected chi connectivity index (χ2v) is 6.18. The largest absolute Gasteiger partial charge is 0.444 e. The zero-order chi connectivity index (χ0) is 17.9. The van der Waals surface area contributed by atoms with Crippen molar-refractivity contribution in [2.24, 2.45) is 10.9 Å². The molecule has 6 nitrogen and oxygen atoms in total. The molecule has 144 valence electrons. The van der Waals surface area contributed by atoms with Crippen molar-refractivity contribution < 1.29 is 9.15 Å². The Labute approximate surface area is 172 Å². The molecular formula is C19H29IN4O2. The van der Waals surface area contributed by atoms with Gasteiger partial charge < -0.3 is 19.8 Å². The minimum absolute atomic E-state index is 0. The van der Waals surface area contributed by atoms with Crippen molar-refractivity contribution in [1.82, 2.24) is 15.6 Å². The summed E-state index contributed by atoms with van der Waals surface area (Å²) < 4.78 is 11.1. The number of guanidine groups is 1. The van der Waals surface area contributed by atoms with Gasteiger partial charge in [0, 0.05) is 32.4 Å². The number of halogens is 1. The maximum atomic E-state index is 5.56. The molecule has 26 heavy (non-hydrogen) atoms. The van der Waals surface area contributed by atoms with Crippen LogP contribution in [-0.2, 0) is 11.3 Å². The van der Waals surface area contributed by atoms with Crippen molar-refractivity contribution in [2.45, 2.75) is 26.8 Å². The van der Waals surface area contributed by atoms with E-state index < -0.39 is 0 Å². The van der Waals surface area contributed by atoms with Gasteiger partial charge in [0.15, 0.2) is 5.96 Å². The molecule has 0 aliphatic heterocycles.